The molecule has 0 radical (unpaired) electrons. The van der Waals surface area contributed by atoms with E-state index in [9.17, 15) is 13.2 Å². The Bertz CT molecular complexity index is 503. The van der Waals surface area contributed by atoms with Gasteiger partial charge in [-0.3, -0.25) is 4.98 Å². The molecular formula is C11H9F3N2. The lowest BCUT2D eigenvalue weighted by Crippen LogP contribution is -2.28. The second kappa shape index (κ2) is 3.75. The molecule has 2 nitrogen and oxygen atoms in total. The number of pyridine rings is 1. The molecule has 0 aliphatic carbocycles. The Morgan fingerprint density at radius 2 is 1.88 bits per heavy atom. The number of nitrogens with zero attached hydrogens (tertiary/aromatic N) is 1. The summed E-state index contributed by atoms with van der Waals surface area (Å²) >= 11 is 0. The molecule has 0 aliphatic heterocycles. The first kappa shape index (κ1) is 10.9. The molecule has 0 bridgehead atoms. The fourth-order valence-corrected chi connectivity index (χ4v) is 1.57. The first-order valence-corrected chi connectivity index (χ1v) is 4.66. The number of halogens is 3. The van der Waals surface area contributed by atoms with E-state index in [1.165, 1.54) is 18.3 Å². The molecule has 0 saturated carbocycles. The number of fused-ring (bicyclic) bond motifs is 1. The Morgan fingerprint density at radius 1 is 1.12 bits per heavy atom. The highest BCUT2D eigenvalue weighted by atomic mass is 19.4. The number of nitrogens with two attached hydrogens (primary N) is 1. The molecule has 1 aromatic carbocycles. The third-order valence-electron chi connectivity index (χ3n) is 2.37. The van der Waals surface area contributed by atoms with Crippen molar-refractivity contribution in [1.29, 1.82) is 0 Å². The van der Waals surface area contributed by atoms with Crippen LogP contribution in [0, 0.1) is 0 Å². The molecule has 0 saturated heterocycles. The van der Waals surface area contributed by atoms with Crippen LogP contribution in [0.1, 0.15) is 11.6 Å². The molecule has 0 fully saturated rings. The minimum absolute atomic E-state index is 0.0538. The van der Waals surface area contributed by atoms with Gasteiger partial charge in [-0.2, -0.15) is 13.2 Å². The molecular weight excluding hydrogens is 217 g/mol. The summed E-state index contributed by atoms with van der Waals surface area (Å²) in [6, 6.07) is 5.76. The molecule has 2 N–H and O–H groups in total. The zero-order chi connectivity index (χ0) is 11.8. The monoisotopic (exact) mass is 226 g/mol. The summed E-state index contributed by atoms with van der Waals surface area (Å²) in [5, 5.41) is 0.440. The fourth-order valence-electron chi connectivity index (χ4n) is 1.57. The Morgan fingerprint density at radius 3 is 2.56 bits per heavy atom. The van der Waals surface area contributed by atoms with E-state index in [-0.39, 0.29) is 5.56 Å². The third-order valence-corrected chi connectivity index (χ3v) is 2.37. The van der Waals surface area contributed by atoms with Crippen LogP contribution < -0.4 is 5.73 Å². The van der Waals surface area contributed by atoms with Crippen molar-refractivity contribution in [1.82, 2.24) is 4.98 Å². The van der Waals surface area contributed by atoms with Crippen LogP contribution in [-0.2, 0) is 0 Å². The smallest absolute Gasteiger partial charge is 0.316 e. The molecule has 0 spiro atoms. The lowest BCUT2D eigenvalue weighted by molar-refractivity contribution is -0.148. The molecule has 2 rings (SSSR count). The third kappa shape index (κ3) is 1.86. The molecule has 2 aromatic rings. The summed E-state index contributed by atoms with van der Waals surface area (Å²) in [6.07, 6.45) is -2.91. The zero-order valence-electron chi connectivity index (χ0n) is 8.20. The van der Waals surface area contributed by atoms with E-state index in [0.29, 0.717) is 10.9 Å². The zero-order valence-corrected chi connectivity index (χ0v) is 8.20. The summed E-state index contributed by atoms with van der Waals surface area (Å²) in [5.74, 6) is 0. The first-order chi connectivity index (χ1) is 7.50. The van der Waals surface area contributed by atoms with Crippen LogP contribution in [0.3, 0.4) is 0 Å². The number of benzene rings is 1. The Hall–Kier alpha value is -1.62. The summed E-state index contributed by atoms with van der Waals surface area (Å²) in [7, 11) is 0. The summed E-state index contributed by atoms with van der Waals surface area (Å²) < 4.78 is 37.6. The van der Waals surface area contributed by atoms with E-state index in [2.05, 4.69) is 4.98 Å². The van der Waals surface area contributed by atoms with Crippen molar-refractivity contribution in [2.45, 2.75) is 12.2 Å². The lowest BCUT2D eigenvalue weighted by atomic mass is 10.0. The van der Waals surface area contributed by atoms with Crippen LogP contribution >= 0.6 is 0 Å². The van der Waals surface area contributed by atoms with Crippen LogP contribution in [0.25, 0.3) is 10.9 Å². The van der Waals surface area contributed by atoms with Crippen molar-refractivity contribution in [3.05, 3.63) is 42.1 Å². The average molecular weight is 226 g/mol. The van der Waals surface area contributed by atoms with Gasteiger partial charge in [0.2, 0.25) is 0 Å². The first-order valence-electron chi connectivity index (χ1n) is 4.66. The number of rotatable bonds is 1. The van der Waals surface area contributed by atoms with Gasteiger partial charge < -0.3 is 5.73 Å². The lowest BCUT2D eigenvalue weighted by Gasteiger charge is -2.17. The normalized spacial score (nSPS) is 14.0. The van der Waals surface area contributed by atoms with Crippen LogP contribution in [0.15, 0.2) is 36.5 Å². The molecule has 1 aromatic heterocycles. The second-order valence-corrected chi connectivity index (χ2v) is 3.44. The van der Waals surface area contributed by atoms with Crippen molar-refractivity contribution in [2.75, 3.05) is 0 Å². The summed E-state index contributed by atoms with van der Waals surface area (Å²) in [4.78, 5) is 3.98. The maximum Gasteiger partial charge on any atom is 0.407 e. The van der Waals surface area contributed by atoms with Crippen molar-refractivity contribution in [3.63, 3.8) is 0 Å². The van der Waals surface area contributed by atoms with Gasteiger partial charge in [-0.05, 0) is 17.7 Å². The molecule has 1 heterocycles. The molecule has 5 heteroatoms. The van der Waals surface area contributed by atoms with Gasteiger partial charge in [0.1, 0.15) is 6.04 Å². The molecule has 0 aliphatic rings. The van der Waals surface area contributed by atoms with Crippen molar-refractivity contribution >= 4 is 10.9 Å². The molecule has 1 atom stereocenters. The van der Waals surface area contributed by atoms with E-state index in [1.807, 2.05) is 0 Å². The van der Waals surface area contributed by atoms with Gasteiger partial charge in [0, 0.05) is 11.6 Å². The van der Waals surface area contributed by atoms with E-state index in [1.54, 1.807) is 18.2 Å². The van der Waals surface area contributed by atoms with E-state index in [0.717, 1.165) is 0 Å². The van der Waals surface area contributed by atoms with Gasteiger partial charge in [0.25, 0.3) is 0 Å². The van der Waals surface area contributed by atoms with Crippen LogP contribution in [0.5, 0.6) is 0 Å². The Kier molecular flexibility index (Phi) is 2.55. The van der Waals surface area contributed by atoms with Crippen LogP contribution in [-0.4, -0.2) is 11.2 Å². The molecule has 84 valence electrons. The molecule has 1 unspecified atom stereocenters. The number of hydrogen-bond acceptors (Lipinski definition) is 2. The van der Waals surface area contributed by atoms with E-state index in [4.69, 9.17) is 5.73 Å². The van der Waals surface area contributed by atoms with Crippen molar-refractivity contribution in [3.8, 4) is 0 Å². The quantitative estimate of drug-likeness (QED) is 0.812. The largest absolute Gasteiger partial charge is 0.407 e. The van der Waals surface area contributed by atoms with E-state index < -0.39 is 12.2 Å². The van der Waals surface area contributed by atoms with Crippen LogP contribution in [0.2, 0.25) is 0 Å². The SMILES string of the molecule is NC(c1cccc2ncccc12)C(F)(F)F. The summed E-state index contributed by atoms with van der Waals surface area (Å²) in [6.45, 7) is 0. The van der Waals surface area contributed by atoms with Gasteiger partial charge >= 0.3 is 6.18 Å². The van der Waals surface area contributed by atoms with Crippen LogP contribution in [0.4, 0.5) is 13.2 Å². The fraction of sp³-hybridized carbons (Fsp3) is 0.182. The topological polar surface area (TPSA) is 38.9 Å². The Balaban J connectivity index is 2.61. The molecule has 0 amide bonds. The Labute approximate surface area is 89.9 Å². The van der Waals surface area contributed by atoms with Gasteiger partial charge in [-0.25, -0.2) is 0 Å². The predicted molar refractivity (Wildman–Crippen MR) is 54.7 cm³/mol. The number of alkyl halides is 3. The standard InChI is InChI=1S/C11H9F3N2/c12-11(13,14)10(15)8-3-1-5-9-7(8)4-2-6-16-9/h1-6,10H,15H2. The van der Waals surface area contributed by atoms with Gasteiger partial charge in [0.15, 0.2) is 0 Å². The van der Waals surface area contributed by atoms with Gasteiger partial charge in [-0.1, -0.05) is 18.2 Å². The maximum absolute atomic E-state index is 12.5. The second-order valence-electron chi connectivity index (χ2n) is 3.44. The minimum Gasteiger partial charge on any atom is -0.316 e. The van der Waals surface area contributed by atoms with E-state index >= 15 is 0 Å². The highest BCUT2D eigenvalue weighted by molar-refractivity contribution is 5.82. The number of hydrogen-bond donors (Lipinski definition) is 1. The van der Waals surface area contributed by atoms with Crippen molar-refractivity contribution in [2.24, 2.45) is 5.73 Å². The minimum atomic E-state index is -4.44. The van der Waals surface area contributed by atoms with Gasteiger partial charge in [-0.15, -0.1) is 0 Å². The highest BCUT2D eigenvalue weighted by Crippen LogP contribution is 2.33. The molecule has 16 heavy (non-hydrogen) atoms. The van der Waals surface area contributed by atoms with Gasteiger partial charge in [0.05, 0.1) is 5.52 Å². The van der Waals surface area contributed by atoms with Crippen molar-refractivity contribution < 1.29 is 13.2 Å². The predicted octanol–water partition coefficient (Wildman–Crippen LogP) is 2.80. The highest BCUT2D eigenvalue weighted by Gasteiger charge is 2.38. The maximum atomic E-state index is 12.5. The number of aromatic nitrogens is 1. The average Bonchev–Trinajstić information content (AvgIpc) is 2.26. The summed E-state index contributed by atoms with van der Waals surface area (Å²) in [5.41, 5.74) is 5.75.